The normalized spacial score (nSPS) is 15.4. The molecule has 1 aliphatic heterocycles. The lowest BCUT2D eigenvalue weighted by Crippen LogP contribution is -2.30. The van der Waals surface area contributed by atoms with Gasteiger partial charge in [-0.1, -0.05) is 42.5 Å². The summed E-state index contributed by atoms with van der Waals surface area (Å²) in [6, 6.07) is 17.0. The van der Waals surface area contributed by atoms with Gasteiger partial charge in [-0.3, -0.25) is 0 Å². The lowest BCUT2D eigenvalue weighted by molar-refractivity contribution is 0.437. The second kappa shape index (κ2) is 5.33. The summed E-state index contributed by atoms with van der Waals surface area (Å²) in [6.45, 7) is 3.33. The third kappa shape index (κ3) is 2.56. The summed E-state index contributed by atoms with van der Waals surface area (Å²) < 4.78 is 28.2. The number of rotatable bonds is 3. The monoisotopic (exact) mass is 300 g/mol. The Morgan fingerprint density at radius 3 is 2.38 bits per heavy atom. The molecule has 0 spiro atoms. The molecule has 0 bridgehead atoms. The molecular weight excluding hydrogens is 284 g/mol. The van der Waals surface area contributed by atoms with Crippen molar-refractivity contribution in [1.82, 2.24) is 4.90 Å². The molecule has 0 radical (unpaired) electrons. The highest BCUT2D eigenvalue weighted by Crippen LogP contribution is 2.27. The third-order valence-electron chi connectivity index (χ3n) is 3.51. The minimum Gasteiger partial charge on any atom is -0.351 e. The van der Waals surface area contributed by atoms with Crippen LogP contribution < -0.4 is 0 Å². The molecule has 1 heterocycles. The van der Waals surface area contributed by atoms with Gasteiger partial charge in [0.1, 0.15) is 4.90 Å². The number of sulfonamides is 1. The topological polar surface area (TPSA) is 49.7 Å². The molecule has 0 N–H and O–H groups in total. The van der Waals surface area contributed by atoms with Crippen LogP contribution in [0.25, 0.3) is 0 Å². The molecule has 0 amide bonds. The lowest BCUT2D eigenvalue weighted by Gasteiger charge is -2.22. The largest absolute Gasteiger partial charge is 0.351 e. The second-order valence-corrected chi connectivity index (χ2v) is 6.46. The number of hydrogen-bond acceptors (Lipinski definition) is 3. The van der Waals surface area contributed by atoms with Crippen LogP contribution in [0.4, 0.5) is 0 Å². The molecule has 0 fully saturated rings. The summed E-state index contributed by atoms with van der Waals surface area (Å²) >= 11 is 0. The number of hydrogen-bond donors (Lipinski definition) is 0. The van der Waals surface area contributed by atoms with Crippen molar-refractivity contribution in [2.45, 2.75) is 18.4 Å². The Balaban J connectivity index is 1.99. The van der Waals surface area contributed by atoms with Gasteiger partial charge in [-0.25, -0.2) is 0 Å². The van der Waals surface area contributed by atoms with Gasteiger partial charge < -0.3 is 4.90 Å². The average Bonchev–Trinajstić information content (AvgIpc) is 2.78. The molecule has 3 rings (SSSR count). The van der Waals surface area contributed by atoms with Gasteiger partial charge in [0.25, 0.3) is 10.0 Å². The quantitative estimate of drug-likeness (QED) is 0.875. The van der Waals surface area contributed by atoms with Crippen LogP contribution in [0.15, 0.2) is 63.9 Å². The smallest absolute Gasteiger partial charge is 0.285 e. The molecule has 4 nitrogen and oxygen atoms in total. The number of amidine groups is 1. The molecule has 0 atom stereocenters. The Morgan fingerprint density at radius 2 is 1.67 bits per heavy atom. The first-order valence-electron chi connectivity index (χ1n) is 6.85. The Hall–Kier alpha value is -2.14. The molecule has 1 aliphatic rings. The average molecular weight is 300 g/mol. The van der Waals surface area contributed by atoms with Gasteiger partial charge in [-0.05, 0) is 24.6 Å². The van der Waals surface area contributed by atoms with Crippen LogP contribution >= 0.6 is 0 Å². The van der Waals surface area contributed by atoms with Gasteiger partial charge in [0.2, 0.25) is 0 Å². The number of nitrogens with zero attached hydrogens (tertiary/aromatic N) is 2. The first-order chi connectivity index (χ1) is 10.1. The fraction of sp³-hybridized carbons (Fsp3) is 0.188. The Bertz CT molecular complexity index is 783. The molecule has 0 unspecified atom stereocenters. The first-order valence-corrected chi connectivity index (χ1v) is 8.29. The van der Waals surface area contributed by atoms with Crippen LogP contribution in [0.3, 0.4) is 0 Å². The van der Waals surface area contributed by atoms with Crippen molar-refractivity contribution in [2.75, 3.05) is 6.54 Å². The van der Waals surface area contributed by atoms with E-state index in [4.69, 9.17) is 0 Å². The number of benzene rings is 2. The van der Waals surface area contributed by atoms with Crippen molar-refractivity contribution < 1.29 is 8.42 Å². The van der Waals surface area contributed by atoms with E-state index in [-0.39, 0.29) is 0 Å². The van der Waals surface area contributed by atoms with Gasteiger partial charge in [-0.2, -0.15) is 8.42 Å². The predicted molar refractivity (Wildman–Crippen MR) is 82.7 cm³/mol. The fourth-order valence-corrected chi connectivity index (χ4v) is 3.68. The molecule has 2 aromatic carbocycles. The second-order valence-electron chi connectivity index (χ2n) is 4.89. The van der Waals surface area contributed by atoms with E-state index in [0.717, 1.165) is 5.56 Å². The maximum atomic E-state index is 12.1. The van der Waals surface area contributed by atoms with E-state index in [1.54, 1.807) is 12.1 Å². The van der Waals surface area contributed by atoms with E-state index in [2.05, 4.69) is 4.40 Å². The minimum absolute atomic E-state index is 0.298. The predicted octanol–water partition coefficient (Wildman–Crippen LogP) is 2.66. The Morgan fingerprint density at radius 1 is 1.00 bits per heavy atom. The Labute approximate surface area is 124 Å². The minimum atomic E-state index is -3.56. The molecule has 5 heteroatoms. The summed E-state index contributed by atoms with van der Waals surface area (Å²) in [5, 5.41) is 0. The van der Waals surface area contributed by atoms with Crippen molar-refractivity contribution >= 4 is 15.9 Å². The fourth-order valence-electron chi connectivity index (χ4n) is 2.46. The molecule has 21 heavy (non-hydrogen) atoms. The molecule has 0 aliphatic carbocycles. The van der Waals surface area contributed by atoms with Crippen molar-refractivity contribution in [3.8, 4) is 0 Å². The van der Waals surface area contributed by atoms with Gasteiger partial charge in [-0.15, -0.1) is 4.40 Å². The van der Waals surface area contributed by atoms with E-state index in [9.17, 15) is 8.42 Å². The summed E-state index contributed by atoms with van der Waals surface area (Å²) in [6.07, 6.45) is 0. The van der Waals surface area contributed by atoms with Crippen molar-refractivity contribution in [1.29, 1.82) is 0 Å². The maximum absolute atomic E-state index is 12.1. The van der Waals surface area contributed by atoms with Crippen molar-refractivity contribution in [3.05, 3.63) is 65.7 Å². The SMILES string of the molecule is CCN(Cc1ccccc1)C1=NS(=O)(=O)c2ccccc21. The van der Waals surface area contributed by atoms with Crippen LogP contribution in [0, 0.1) is 0 Å². The molecular formula is C16H16N2O2S. The first kappa shape index (κ1) is 13.8. The molecule has 108 valence electrons. The van der Waals surface area contributed by atoms with E-state index in [1.807, 2.05) is 54.3 Å². The molecule has 0 saturated carbocycles. The van der Waals surface area contributed by atoms with Crippen LogP contribution in [-0.2, 0) is 16.6 Å². The molecule has 2 aromatic rings. The van der Waals surface area contributed by atoms with Gasteiger partial charge >= 0.3 is 0 Å². The van der Waals surface area contributed by atoms with E-state index < -0.39 is 10.0 Å². The molecule has 0 aromatic heterocycles. The van der Waals surface area contributed by atoms with Gasteiger partial charge in [0.05, 0.1) is 0 Å². The van der Waals surface area contributed by atoms with E-state index in [0.29, 0.717) is 29.4 Å². The standard InChI is InChI=1S/C16H16N2O2S/c1-2-18(12-13-8-4-3-5-9-13)16-14-10-6-7-11-15(14)21(19,20)17-16/h3-11H,2,12H2,1H3. The van der Waals surface area contributed by atoms with Gasteiger partial charge in [0.15, 0.2) is 5.84 Å². The van der Waals surface area contributed by atoms with Gasteiger partial charge in [0, 0.05) is 18.7 Å². The highest BCUT2D eigenvalue weighted by molar-refractivity contribution is 7.90. The van der Waals surface area contributed by atoms with Crippen LogP contribution in [0.1, 0.15) is 18.1 Å². The van der Waals surface area contributed by atoms with Crippen LogP contribution in [0.2, 0.25) is 0 Å². The highest BCUT2D eigenvalue weighted by atomic mass is 32.2. The number of fused-ring (bicyclic) bond motifs is 1. The highest BCUT2D eigenvalue weighted by Gasteiger charge is 2.30. The molecule has 0 saturated heterocycles. The van der Waals surface area contributed by atoms with Crippen molar-refractivity contribution in [3.63, 3.8) is 0 Å². The van der Waals surface area contributed by atoms with E-state index >= 15 is 0 Å². The lowest BCUT2D eigenvalue weighted by atomic mass is 10.1. The summed E-state index contributed by atoms with van der Waals surface area (Å²) in [5.41, 5.74) is 1.82. The summed E-state index contributed by atoms with van der Waals surface area (Å²) in [4.78, 5) is 2.28. The zero-order valence-corrected chi connectivity index (χ0v) is 12.5. The van der Waals surface area contributed by atoms with E-state index in [1.165, 1.54) is 0 Å². The third-order valence-corrected chi connectivity index (χ3v) is 4.84. The van der Waals surface area contributed by atoms with Crippen LogP contribution in [-0.4, -0.2) is 25.7 Å². The zero-order valence-electron chi connectivity index (χ0n) is 11.7. The summed E-state index contributed by atoms with van der Waals surface area (Å²) in [5.74, 6) is 0.539. The van der Waals surface area contributed by atoms with Crippen molar-refractivity contribution in [2.24, 2.45) is 4.40 Å². The summed E-state index contributed by atoms with van der Waals surface area (Å²) in [7, 11) is -3.56. The van der Waals surface area contributed by atoms with Crippen LogP contribution in [0.5, 0.6) is 0 Å². The Kier molecular flexibility index (Phi) is 3.51. The maximum Gasteiger partial charge on any atom is 0.285 e. The zero-order chi connectivity index (χ0) is 14.9.